The molecule has 118 valence electrons. The van der Waals surface area contributed by atoms with Gasteiger partial charge in [-0.05, 0) is 45.2 Å². The molecule has 6 nitrogen and oxygen atoms in total. The number of rotatable bonds is 8. The maximum absolute atomic E-state index is 12.1. The number of benzene rings is 1. The van der Waals surface area contributed by atoms with E-state index >= 15 is 0 Å². The Balaban J connectivity index is 2.51. The molecule has 0 saturated heterocycles. The molecule has 21 heavy (non-hydrogen) atoms. The fraction of sp³-hybridized carbons (Fsp3) is 0.500. The Bertz CT molecular complexity index is 569. The molecule has 1 rings (SSSR count). The van der Waals surface area contributed by atoms with E-state index in [4.69, 9.17) is 10.8 Å². The normalized spacial score (nSPS) is 14.6. The molecule has 0 spiro atoms. The van der Waals surface area contributed by atoms with Crippen molar-refractivity contribution in [3.63, 3.8) is 0 Å². The highest BCUT2D eigenvalue weighted by atomic mass is 32.2. The van der Waals surface area contributed by atoms with Gasteiger partial charge in [-0.15, -0.1) is 0 Å². The summed E-state index contributed by atoms with van der Waals surface area (Å²) >= 11 is 0. The van der Waals surface area contributed by atoms with Gasteiger partial charge in [-0.3, -0.25) is 4.79 Å². The van der Waals surface area contributed by atoms with Gasteiger partial charge in [-0.25, -0.2) is 13.1 Å². The molecule has 0 heterocycles. The summed E-state index contributed by atoms with van der Waals surface area (Å²) in [5.41, 5.74) is 6.39. The van der Waals surface area contributed by atoms with Crippen LogP contribution in [0.3, 0.4) is 0 Å². The average Bonchev–Trinajstić information content (AvgIpc) is 2.38. The number of aliphatic carboxylic acids is 1. The first-order valence-electron chi connectivity index (χ1n) is 6.80. The third kappa shape index (κ3) is 5.82. The Morgan fingerprint density at radius 1 is 1.29 bits per heavy atom. The largest absolute Gasteiger partial charge is 0.480 e. The molecule has 0 unspecified atom stereocenters. The van der Waals surface area contributed by atoms with Gasteiger partial charge < -0.3 is 10.8 Å². The molecule has 0 aliphatic rings. The summed E-state index contributed by atoms with van der Waals surface area (Å²) in [6, 6.07) is 5.43. The van der Waals surface area contributed by atoms with Crippen molar-refractivity contribution < 1.29 is 18.3 Å². The number of carbonyl (C=O) groups is 1. The molecule has 0 aliphatic heterocycles. The van der Waals surface area contributed by atoms with Gasteiger partial charge >= 0.3 is 5.97 Å². The van der Waals surface area contributed by atoms with Gasteiger partial charge in [-0.2, -0.15) is 0 Å². The molecule has 0 aromatic heterocycles. The van der Waals surface area contributed by atoms with Crippen LogP contribution in [0.4, 0.5) is 0 Å². The van der Waals surface area contributed by atoms with Crippen molar-refractivity contribution in [3.8, 4) is 0 Å². The van der Waals surface area contributed by atoms with E-state index in [1.165, 1.54) is 0 Å². The van der Waals surface area contributed by atoms with Crippen molar-refractivity contribution in [2.24, 2.45) is 5.73 Å². The lowest BCUT2D eigenvalue weighted by Gasteiger charge is -2.15. The molecule has 1 aromatic carbocycles. The number of carboxylic acid groups (broad SMARTS) is 1. The predicted molar refractivity (Wildman–Crippen MR) is 80.4 cm³/mol. The number of nitrogens with two attached hydrogens (primary N) is 1. The van der Waals surface area contributed by atoms with Crippen LogP contribution in [0.15, 0.2) is 29.2 Å². The first kappa shape index (κ1) is 17.6. The maximum Gasteiger partial charge on any atom is 0.320 e. The van der Waals surface area contributed by atoms with E-state index in [2.05, 4.69) is 4.72 Å². The molecule has 0 fully saturated rings. The Hall–Kier alpha value is -1.44. The Kier molecular flexibility index (Phi) is 6.32. The first-order valence-corrected chi connectivity index (χ1v) is 8.28. The highest BCUT2D eigenvalue weighted by Gasteiger charge is 2.18. The number of aryl methyl sites for hydroxylation is 1. The van der Waals surface area contributed by atoms with Gasteiger partial charge in [0.2, 0.25) is 10.0 Å². The molecule has 7 heteroatoms. The molecule has 0 aliphatic carbocycles. The van der Waals surface area contributed by atoms with E-state index in [-0.39, 0.29) is 10.9 Å². The standard InChI is InChI=1S/C14H22N2O4S/c1-10-6-8-12(9-7-10)21(19,20)16-11(2)4-3-5-13(15)14(17)18/h6-9,11,13,16H,3-5,15H2,1-2H3,(H,17,18)/t11-,13+/m0/s1. The van der Waals surface area contributed by atoms with Crippen molar-refractivity contribution in [2.75, 3.05) is 0 Å². The minimum atomic E-state index is -3.54. The molecule has 0 bridgehead atoms. The van der Waals surface area contributed by atoms with Crippen LogP contribution < -0.4 is 10.5 Å². The third-order valence-corrected chi connectivity index (χ3v) is 4.76. The summed E-state index contributed by atoms with van der Waals surface area (Å²) in [4.78, 5) is 10.8. The fourth-order valence-electron chi connectivity index (χ4n) is 1.88. The molecular weight excluding hydrogens is 292 g/mol. The Labute approximate surface area is 125 Å². The second-order valence-electron chi connectivity index (χ2n) is 5.21. The van der Waals surface area contributed by atoms with Crippen molar-refractivity contribution in [1.82, 2.24) is 4.72 Å². The third-order valence-electron chi connectivity index (χ3n) is 3.16. The zero-order chi connectivity index (χ0) is 16.0. The monoisotopic (exact) mass is 314 g/mol. The van der Waals surface area contributed by atoms with Crippen molar-refractivity contribution in [2.45, 2.75) is 50.1 Å². The second-order valence-corrected chi connectivity index (χ2v) is 6.93. The average molecular weight is 314 g/mol. The van der Waals surface area contributed by atoms with Gasteiger partial charge in [0.1, 0.15) is 6.04 Å². The Morgan fingerprint density at radius 3 is 2.38 bits per heavy atom. The summed E-state index contributed by atoms with van der Waals surface area (Å²) in [7, 11) is -3.54. The van der Waals surface area contributed by atoms with Crippen LogP contribution >= 0.6 is 0 Å². The summed E-state index contributed by atoms with van der Waals surface area (Å²) in [6.45, 7) is 3.64. The second kappa shape index (κ2) is 7.53. The highest BCUT2D eigenvalue weighted by molar-refractivity contribution is 7.89. The van der Waals surface area contributed by atoms with E-state index in [9.17, 15) is 13.2 Å². The molecule has 4 N–H and O–H groups in total. The van der Waals surface area contributed by atoms with Crippen LogP contribution in [0.2, 0.25) is 0 Å². The van der Waals surface area contributed by atoms with Crippen molar-refractivity contribution in [1.29, 1.82) is 0 Å². The molecule has 0 radical (unpaired) electrons. The van der Waals surface area contributed by atoms with Gasteiger partial charge in [0.05, 0.1) is 4.90 Å². The SMILES string of the molecule is Cc1ccc(S(=O)(=O)N[C@@H](C)CCC[C@@H](N)C(=O)O)cc1. The smallest absolute Gasteiger partial charge is 0.320 e. The first-order chi connectivity index (χ1) is 9.72. The van der Waals surface area contributed by atoms with Crippen LogP contribution in [-0.4, -0.2) is 31.6 Å². The lowest BCUT2D eigenvalue weighted by molar-refractivity contribution is -0.138. The quantitative estimate of drug-likeness (QED) is 0.669. The number of hydrogen-bond donors (Lipinski definition) is 3. The maximum atomic E-state index is 12.1. The Morgan fingerprint density at radius 2 is 1.86 bits per heavy atom. The van der Waals surface area contributed by atoms with E-state index in [1.54, 1.807) is 31.2 Å². The van der Waals surface area contributed by atoms with E-state index in [0.717, 1.165) is 5.56 Å². The van der Waals surface area contributed by atoms with E-state index in [0.29, 0.717) is 19.3 Å². The molecule has 0 saturated carbocycles. The number of nitrogens with one attached hydrogen (secondary N) is 1. The van der Waals surface area contributed by atoms with Crippen LogP contribution in [0.5, 0.6) is 0 Å². The predicted octanol–water partition coefficient (Wildman–Crippen LogP) is 1.24. The zero-order valence-corrected chi connectivity index (χ0v) is 13.1. The number of sulfonamides is 1. The fourth-order valence-corrected chi connectivity index (χ4v) is 3.15. The van der Waals surface area contributed by atoms with E-state index < -0.39 is 22.0 Å². The van der Waals surface area contributed by atoms with Gasteiger partial charge in [0.25, 0.3) is 0 Å². The van der Waals surface area contributed by atoms with E-state index in [1.807, 2.05) is 6.92 Å². The number of hydrogen-bond acceptors (Lipinski definition) is 4. The van der Waals surface area contributed by atoms with Gasteiger partial charge in [-0.1, -0.05) is 17.7 Å². The lowest BCUT2D eigenvalue weighted by Crippen LogP contribution is -2.34. The number of carboxylic acids is 1. The summed E-state index contributed by atoms with van der Waals surface area (Å²) in [5, 5.41) is 8.67. The lowest BCUT2D eigenvalue weighted by atomic mass is 10.1. The summed E-state index contributed by atoms with van der Waals surface area (Å²) in [6.07, 6.45) is 1.41. The van der Waals surface area contributed by atoms with Gasteiger partial charge in [0, 0.05) is 6.04 Å². The molecule has 1 aromatic rings. The topological polar surface area (TPSA) is 109 Å². The minimum Gasteiger partial charge on any atom is -0.480 e. The molecule has 0 amide bonds. The highest BCUT2D eigenvalue weighted by Crippen LogP contribution is 2.12. The van der Waals surface area contributed by atoms with Gasteiger partial charge in [0.15, 0.2) is 0 Å². The van der Waals surface area contributed by atoms with Crippen LogP contribution in [0, 0.1) is 6.92 Å². The molecular formula is C14H22N2O4S. The van der Waals surface area contributed by atoms with Crippen molar-refractivity contribution >= 4 is 16.0 Å². The molecule has 2 atom stereocenters. The van der Waals surface area contributed by atoms with Crippen LogP contribution in [0.1, 0.15) is 31.7 Å². The van der Waals surface area contributed by atoms with Crippen LogP contribution in [-0.2, 0) is 14.8 Å². The zero-order valence-electron chi connectivity index (χ0n) is 12.2. The van der Waals surface area contributed by atoms with Crippen molar-refractivity contribution in [3.05, 3.63) is 29.8 Å². The minimum absolute atomic E-state index is 0.224. The summed E-state index contributed by atoms with van der Waals surface area (Å²) < 4.78 is 26.8. The summed E-state index contributed by atoms with van der Waals surface area (Å²) in [5.74, 6) is -1.04. The van der Waals surface area contributed by atoms with Crippen LogP contribution in [0.25, 0.3) is 0 Å².